The predicted molar refractivity (Wildman–Crippen MR) is 81.8 cm³/mol. The molecule has 1 unspecified atom stereocenters. The summed E-state index contributed by atoms with van der Waals surface area (Å²) in [5, 5.41) is 2.64. The first-order valence-electron chi connectivity index (χ1n) is 6.81. The molecule has 0 spiro atoms. The Balaban J connectivity index is 2.04. The quantitative estimate of drug-likeness (QED) is 0.823. The Morgan fingerprint density at radius 1 is 1.17 bits per heavy atom. The number of benzene rings is 1. The van der Waals surface area contributed by atoms with Crippen LogP contribution < -0.4 is 14.8 Å². The Morgan fingerprint density at radius 3 is 2.57 bits per heavy atom. The molecule has 1 aromatic heterocycles. The lowest BCUT2D eigenvalue weighted by atomic mass is 10.2. The van der Waals surface area contributed by atoms with Gasteiger partial charge in [-0.05, 0) is 25.1 Å². The molecule has 7 heteroatoms. The number of ether oxygens (including phenoxy) is 3. The zero-order valence-electron chi connectivity index (χ0n) is 13.0. The molecule has 0 aliphatic heterocycles. The number of esters is 1. The highest BCUT2D eigenvalue weighted by atomic mass is 16.5. The van der Waals surface area contributed by atoms with Crippen molar-refractivity contribution in [3.05, 3.63) is 42.4 Å². The average molecular weight is 319 g/mol. The van der Waals surface area contributed by atoms with Crippen molar-refractivity contribution in [2.45, 2.75) is 13.0 Å². The number of amides is 1. The molecule has 0 fully saturated rings. The molecule has 0 aliphatic carbocycles. The van der Waals surface area contributed by atoms with Crippen LogP contribution in [0.4, 0.5) is 5.69 Å². The highest BCUT2D eigenvalue weighted by Gasteiger charge is 2.21. The highest BCUT2D eigenvalue weighted by molar-refractivity contribution is 5.98. The van der Waals surface area contributed by atoms with Crippen LogP contribution in [0.5, 0.6) is 11.5 Å². The van der Waals surface area contributed by atoms with Crippen molar-refractivity contribution in [1.82, 2.24) is 0 Å². The minimum atomic E-state index is -0.992. The van der Waals surface area contributed by atoms with E-state index in [-0.39, 0.29) is 5.56 Å². The van der Waals surface area contributed by atoms with Crippen LogP contribution >= 0.6 is 0 Å². The number of anilines is 1. The molecule has 122 valence electrons. The van der Waals surface area contributed by atoms with Crippen molar-refractivity contribution >= 4 is 17.6 Å². The van der Waals surface area contributed by atoms with Crippen LogP contribution in [0.1, 0.15) is 17.3 Å². The zero-order valence-corrected chi connectivity index (χ0v) is 13.0. The first-order valence-corrected chi connectivity index (χ1v) is 6.81. The van der Waals surface area contributed by atoms with Crippen LogP contribution in [0.3, 0.4) is 0 Å². The third-order valence-corrected chi connectivity index (χ3v) is 3.07. The van der Waals surface area contributed by atoms with Crippen LogP contribution in [0.2, 0.25) is 0 Å². The van der Waals surface area contributed by atoms with Gasteiger partial charge in [-0.1, -0.05) is 0 Å². The molecular weight excluding hydrogens is 302 g/mol. The molecule has 0 aliphatic rings. The fourth-order valence-corrected chi connectivity index (χ4v) is 1.81. The van der Waals surface area contributed by atoms with Crippen LogP contribution in [-0.2, 0) is 9.53 Å². The van der Waals surface area contributed by atoms with E-state index in [1.54, 1.807) is 18.2 Å². The number of hydrogen-bond donors (Lipinski definition) is 1. The number of carbonyl (C=O) groups is 2. The van der Waals surface area contributed by atoms with Crippen molar-refractivity contribution < 1.29 is 28.2 Å². The van der Waals surface area contributed by atoms with Gasteiger partial charge < -0.3 is 23.9 Å². The Labute approximate surface area is 133 Å². The molecule has 0 bridgehead atoms. The summed E-state index contributed by atoms with van der Waals surface area (Å²) in [6.45, 7) is 1.47. The van der Waals surface area contributed by atoms with Gasteiger partial charge in [-0.2, -0.15) is 0 Å². The second-order valence-corrected chi connectivity index (χ2v) is 4.62. The second kappa shape index (κ2) is 7.35. The third-order valence-electron chi connectivity index (χ3n) is 3.07. The zero-order chi connectivity index (χ0) is 16.8. The lowest BCUT2D eigenvalue weighted by Gasteiger charge is -2.15. The van der Waals surface area contributed by atoms with Crippen LogP contribution in [0.15, 0.2) is 41.2 Å². The molecule has 7 nitrogen and oxygen atoms in total. The summed E-state index contributed by atoms with van der Waals surface area (Å²) in [4.78, 5) is 24.0. The molecule has 1 amide bonds. The Hall–Kier alpha value is -2.96. The van der Waals surface area contributed by atoms with E-state index in [4.69, 9.17) is 18.6 Å². The van der Waals surface area contributed by atoms with E-state index in [1.165, 1.54) is 39.7 Å². The molecule has 1 N–H and O–H groups in total. The lowest BCUT2D eigenvalue weighted by Crippen LogP contribution is -2.30. The first kappa shape index (κ1) is 16.4. The van der Waals surface area contributed by atoms with Crippen molar-refractivity contribution in [2.75, 3.05) is 19.5 Å². The Kier molecular flexibility index (Phi) is 5.24. The predicted octanol–water partition coefficient (Wildman–Crippen LogP) is 2.48. The SMILES string of the molecule is COc1ccc(OC)c(NC(=O)C(C)OC(=O)c2ccoc2)c1. The largest absolute Gasteiger partial charge is 0.497 e. The van der Waals surface area contributed by atoms with Gasteiger partial charge in [0.25, 0.3) is 5.91 Å². The molecule has 23 heavy (non-hydrogen) atoms. The molecule has 0 saturated carbocycles. The number of carbonyl (C=O) groups excluding carboxylic acids is 2. The number of rotatable bonds is 6. The number of nitrogens with one attached hydrogen (secondary N) is 1. The summed E-state index contributed by atoms with van der Waals surface area (Å²) in [6.07, 6.45) is 1.61. The fraction of sp³-hybridized carbons (Fsp3) is 0.250. The highest BCUT2D eigenvalue weighted by Crippen LogP contribution is 2.29. The second-order valence-electron chi connectivity index (χ2n) is 4.62. The molecule has 0 saturated heterocycles. The van der Waals surface area contributed by atoms with Gasteiger partial charge in [0.15, 0.2) is 6.10 Å². The maximum absolute atomic E-state index is 12.2. The van der Waals surface area contributed by atoms with E-state index >= 15 is 0 Å². The first-order chi connectivity index (χ1) is 11.0. The summed E-state index contributed by atoms with van der Waals surface area (Å²) in [7, 11) is 3.00. The van der Waals surface area contributed by atoms with Gasteiger partial charge in [0.05, 0.1) is 31.7 Å². The van der Waals surface area contributed by atoms with Crippen molar-refractivity contribution in [2.24, 2.45) is 0 Å². The lowest BCUT2D eigenvalue weighted by molar-refractivity contribution is -0.123. The fourth-order valence-electron chi connectivity index (χ4n) is 1.81. The summed E-state index contributed by atoms with van der Waals surface area (Å²) in [5.74, 6) is -0.107. The van der Waals surface area contributed by atoms with Crippen LogP contribution in [0, 0.1) is 0 Å². The maximum atomic E-state index is 12.2. The van der Waals surface area contributed by atoms with E-state index in [1.807, 2.05) is 0 Å². The van der Waals surface area contributed by atoms with E-state index in [2.05, 4.69) is 5.32 Å². The van der Waals surface area contributed by atoms with Gasteiger partial charge in [-0.15, -0.1) is 0 Å². The number of hydrogen-bond acceptors (Lipinski definition) is 6. The summed E-state index contributed by atoms with van der Waals surface area (Å²) < 4.78 is 20.2. The summed E-state index contributed by atoms with van der Waals surface area (Å²) in [5.41, 5.74) is 0.659. The van der Waals surface area contributed by atoms with E-state index in [0.29, 0.717) is 17.2 Å². The normalized spacial score (nSPS) is 11.4. The third kappa shape index (κ3) is 4.03. The van der Waals surface area contributed by atoms with Gasteiger partial charge in [0.2, 0.25) is 0 Å². The van der Waals surface area contributed by atoms with Gasteiger partial charge in [0.1, 0.15) is 17.8 Å². The molecule has 2 rings (SSSR count). The van der Waals surface area contributed by atoms with E-state index < -0.39 is 18.0 Å². The molecule has 2 aromatic rings. The van der Waals surface area contributed by atoms with Gasteiger partial charge in [-0.25, -0.2) is 4.79 Å². The Bertz CT molecular complexity index is 680. The van der Waals surface area contributed by atoms with Gasteiger partial charge >= 0.3 is 5.97 Å². The molecule has 1 atom stereocenters. The molecular formula is C16H17NO6. The number of methoxy groups -OCH3 is 2. The molecule has 1 aromatic carbocycles. The minimum Gasteiger partial charge on any atom is -0.497 e. The Morgan fingerprint density at radius 2 is 1.96 bits per heavy atom. The number of furan rings is 1. The van der Waals surface area contributed by atoms with Crippen molar-refractivity contribution in [3.63, 3.8) is 0 Å². The van der Waals surface area contributed by atoms with Crippen molar-refractivity contribution in [3.8, 4) is 11.5 Å². The molecule has 1 heterocycles. The van der Waals surface area contributed by atoms with E-state index in [9.17, 15) is 9.59 Å². The monoisotopic (exact) mass is 319 g/mol. The molecule has 0 radical (unpaired) electrons. The minimum absolute atomic E-state index is 0.239. The summed E-state index contributed by atoms with van der Waals surface area (Å²) in [6, 6.07) is 6.44. The van der Waals surface area contributed by atoms with Crippen LogP contribution in [0.25, 0.3) is 0 Å². The van der Waals surface area contributed by atoms with E-state index in [0.717, 1.165) is 0 Å². The topological polar surface area (TPSA) is 87.0 Å². The smallest absolute Gasteiger partial charge is 0.342 e. The standard InChI is InChI=1S/C16H17NO6/c1-10(23-16(19)11-6-7-22-9-11)15(18)17-13-8-12(20-2)4-5-14(13)21-3/h4-10H,1-3H3,(H,17,18). The van der Waals surface area contributed by atoms with Crippen molar-refractivity contribution in [1.29, 1.82) is 0 Å². The van der Waals surface area contributed by atoms with Gasteiger partial charge in [-0.3, -0.25) is 4.79 Å². The average Bonchev–Trinajstić information content (AvgIpc) is 3.09. The van der Waals surface area contributed by atoms with Crippen LogP contribution in [-0.4, -0.2) is 32.2 Å². The van der Waals surface area contributed by atoms with Gasteiger partial charge in [0, 0.05) is 6.07 Å². The summed E-state index contributed by atoms with van der Waals surface area (Å²) >= 11 is 0. The maximum Gasteiger partial charge on any atom is 0.342 e.